The summed E-state index contributed by atoms with van der Waals surface area (Å²) in [5.74, 6) is -2.50. The molecule has 3 aromatic rings. The summed E-state index contributed by atoms with van der Waals surface area (Å²) in [6.07, 6.45) is 1.06. The molecule has 1 N–H and O–H groups in total. The Balaban J connectivity index is 1.09. The van der Waals surface area contributed by atoms with Gasteiger partial charge in [-0.3, -0.25) is 28.9 Å². The molecule has 6 rings (SSSR count). The molecule has 14 nitrogen and oxygen atoms in total. The van der Waals surface area contributed by atoms with Crippen LogP contribution in [0, 0.1) is 0 Å². The van der Waals surface area contributed by atoms with Gasteiger partial charge in [0, 0.05) is 32.6 Å². The van der Waals surface area contributed by atoms with Gasteiger partial charge in [-0.2, -0.15) is 10.00 Å². The van der Waals surface area contributed by atoms with Crippen LogP contribution < -0.4 is 15.6 Å². The van der Waals surface area contributed by atoms with Gasteiger partial charge >= 0.3 is 6.09 Å². The molecule has 3 atom stereocenters. The lowest BCUT2D eigenvalue weighted by Gasteiger charge is -2.37. The minimum atomic E-state index is -1.33. The number of likely N-dealkylation sites (tertiary alicyclic amines) is 2. The number of piperidine rings is 2. The number of halogens is 1. The standard InChI is InChI=1S/C36H39BrN6O8/c1-36(2,3)51-35(49)43-29(44)13-12-28(33(43)47)42-31(45)25-11-10-24(15-26(25)32(42)46)50-19-20-6-8-21(9-7-20)22-14-23(18-40(4)17-22)39-27-16-38-41(5)34(48)30(27)37/h6-11,15-16,22-23,28,39H,12-14,17-19H2,1-5H3/t22-,23?,28?/m0/s1. The molecule has 4 heterocycles. The van der Waals surface area contributed by atoms with Crippen molar-refractivity contribution >= 4 is 51.3 Å². The zero-order valence-electron chi connectivity index (χ0n) is 29.0. The summed E-state index contributed by atoms with van der Waals surface area (Å²) in [6.45, 7) is 6.70. The van der Waals surface area contributed by atoms with E-state index in [2.05, 4.69) is 50.4 Å². The first kappa shape index (κ1) is 35.9. The average molecular weight is 764 g/mol. The molecule has 2 saturated heterocycles. The summed E-state index contributed by atoms with van der Waals surface area (Å²) < 4.78 is 13.0. The molecule has 0 saturated carbocycles. The Morgan fingerprint density at radius 3 is 2.39 bits per heavy atom. The normalized spacial score (nSPS) is 21.2. The third kappa shape index (κ3) is 7.45. The molecule has 0 radical (unpaired) electrons. The second kappa shape index (κ2) is 14.0. The quantitative estimate of drug-likeness (QED) is 0.346. The number of carbonyl (C=O) groups excluding carboxylic acids is 5. The van der Waals surface area contributed by atoms with Gasteiger partial charge in [0.1, 0.15) is 28.5 Å². The van der Waals surface area contributed by atoms with E-state index < -0.39 is 41.4 Å². The number of carbonyl (C=O) groups is 5. The van der Waals surface area contributed by atoms with Crippen LogP contribution in [0.1, 0.15) is 77.8 Å². The Labute approximate surface area is 302 Å². The Hall–Kier alpha value is -4.89. The average Bonchev–Trinajstić information content (AvgIpc) is 3.31. The van der Waals surface area contributed by atoms with Crippen LogP contribution >= 0.6 is 15.9 Å². The van der Waals surface area contributed by atoms with E-state index in [0.29, 0.717) is 20.8 Å². The molecule has 0 bridgehead atoms. The van der Waals surface area contributed by atoms with E-state index in [1.807, 2.05) is 12.1 Å². The molecule has 15 heteroatoms. The van der Waals surface area contributed by atoms with Crippen molar-refractivity contribution in [2.24, 2.45) is 7.05 Å². The Morgan fingerprint density at radius 1 is 0.980 bits per heavy atom. The van der Waals surface area contributed by atoms with Crippen molar-refractivity contribution in [1.82, 2.24) is 24.5 Å². The Morgan fingerprint density at radius 2 is 1.69 bits per heavy atom. The zero-order valence-corrected chi connectivity index (χ0v) is 30.6. The highest BCUT2D eigenvalue weighted by molar-refractivity contribution is 9.10. The maximum Gasteiger partial charge on any atom is 0.424 e. The van der Waals surface area contributed by atoms with E-state index in [4.69, 9.17) is 9.47 Å². The van der Waals surface area contributed by atoms with Gasteiger partial charge in [-0.1, -0.05) is 24.3 Å². The van der Waals surface area contributed by atoms with Gasteiger partial charge < -0.3 is 19.7 Å². The van der Waals surface area contributed by atoms with Gasteiger partial charge in [-0.15, -0.1) is 0 Å². The third-order valence-corrected chi connectivity index (χ3v) is 9.86. The van der Waals surface area contributed by atoms with E-state index in [0.717, 1.165) is 30.0 Å². The van der Waals surface area contributed by atoms with Crippen LogP contribution in [0.4, 0.5) is 10.5 Å². The largest absolute Gasteiger partial charge is 0.489 e. The van der Waals surface area contributed by atoms with Gasteiger partial charge in [-0.05, 0) is 91.8 Å². The molecule has 51 heavy (non-hydrogen) atoms. The van der Waals surface area contributed by atoms with Crippen molar-refractivity contribution in [3.63, 3.8) is 0 Å². The van der Waals surface area contributed by atoms with Crippen molar-refractivity contribution in [3.05, 3.63) is 85.7 Å². The molecular weight excluding hydrogens is 724 g/mol. The van der Waals surface area contributed by atoms with Gasteiger partial charge in [0.15, 0.2) is 0 Å². The number of amides is 5. The van der Waals surface area contributed by atoms with Gasteiger partial charge in [0.2, 0.25) is 5.91 Å². The SMILES string of the molecule is CN1CC(Nc2cnn(C)c(=O)c2Br)C[C@H](c2ccc(COc3ccc4c(c3)C(=O)N(C3CCC(=O)N(C(=O)OC(C)(C)C)C3=O)C4=O)cc2)C1. The van der Waals surface area contributed by atoms with Crippen molar-refractivity contribution < 1.29 is 33.4 Å². The number of ether oxygens (including phenoxy) is 2. The molecule has 3 aliphatic rings. The minimum absolute atomic E-state index is 0.0737. The van der Waals surface area contributed by atoms with E-state index in [1.165, 1.54) is 22.4 Å². The van der Waals surface area contributed by atoms with Gasteiger partial charge in [0.05, 0.1) is 23.0 Å². The number of nitrogens with one attached hydrogen (secondary N) is 1. The fourth-order valence-corrected chi connectivity index (χ4v) is 7.14. The van der Waals surface area contributed by atoms with E-state index in [9.17, 15) is 28.8 Å². The molecule has 3 aliphatic heterocycles. The van der Waals surface area contributed by atoms with Crippen molar-refractivity contribution in [2.45, 2.75) is 70.2 Å². The number of aryl methyl sites for hydroxylation is 1. The molecule has 2 aromatic carbocycles. The predicted octanol–water partition coefficient (Wildman–Crippen LogP) is 4.07. The Kier molecular flexibility index (Phi) is 9.88. The second-order valence-corrected chi connectivity index (χ2v) is 14.9. The molecule has 0 spiro atoms. The number of fused-ring (bicyclic) bond motifs is 1. The number of anilines is 1. The fourth-order valence-electron chi connectivity index (χ4n) is 6.67. The first-order valence-corrected chi connectivity index (χ1v) is 17.4. The monoisotopic (exact) mass is 762 g/mol. The smallest absolute Gasteiger partial charge is 0.424 e. The lowest BCUT2D eigenvalue weighted by molar-refractivity contribution is -0.149. The molecule has 2 unspecified atom stereocenters. The van der Waals surface area contributed by atoms with Crippen LogP contribution in [0.25, 0.3) is 0 Å². The molecule has 5 amide bonds. The minimum Gasteiger partial charge on any atom is -0.489 e. The summed E-state index contributed by atoms with van der Waals surface area (Å²) in [5, 5.41) is 7.61. The first-order chi connectivity index (χ1) is 24.1. The lowest BCUT2D eigenvalue weighted by Crippen LogP contribution is -2.58. The molecule has 2 fully saturated rings. The van der Waals surface area contributed by atoms with Crippen LogP contribution in [0.15, 0.2) is 57.9 Å². The van der Waals surface area contributed by atoms with Gasteiger partial charge in [0.25, 0.3) is 23.3 Å². The van der Waals surface area contributed by atoms with E-state index in [-0.39, 0.29) is 48.1 Å². The number of imide groups is 4. The third-order valence-electron chi connectivity index (χ3n) is 9.09. The highest BCUT2D eigenvalue weighted by atomic mass is 79.9. The highest BCUT2D eigenvalue weighted by Gasteiger charge is 2.49. The van der Waals surface area contributed by atoms with Gasteiger partial charge in [-0.25, -0.2) is 9.48 Å². The van der Waals surface area contributed by atoms with Crippen LogP contribution in [0.5, 0.6) is 5.75 Å². The summed E-state index contributed by atoms with van der Waals surface area (Å²) in [7, 11) is 3.68. The van der Waals surface area contributed by atoms with Crippen LogP contribution in [0.2, 0.25) is 0 Å². The summed E-state index contributed by atoms with van der Waals surface area (Å²) in [5.41, 5.74) is 1.75. The molecule has 0 aliphatic carbocycles. The summed E-state index contributed by atoms with van der Waals surface area (Å²) in [4.78, 5) is 81.1. The number of aromatic nitrogens is 2. The van der Waals surface area contributed by atoms with Crippen LogP contribution in [-0.4, -0.2) is 92.0 Å². The highest BCUT2D eigenvalue weighted by Crippen LogP contribution is 2.33. The summed E-state index contributed by atoms with van der Waals surface area (Å²) >= 11 is 3.40. The van der Waals surface area contributed by atoms with Crippen LogP contribution in [0.3, 0.4) is 0 Å². The second-order valence-electron chi connectivity index (χ2n) is 14.1. The van der Waals surface area contributed by atoms with E-state index >= 15 is 0 Å². The topological polar surface area (TPSA) is 160 Å². The maximum atomic E-state index is 13.5. The fraction of sp³-hybridized carbons (Fsp3) is 0.417. The number of benzene rings is 2. The Bertz CT molecular complexity index is 1970. The molecular formula is C36H39BrN6O8. The predicted molar refractivity (Wildman–Crippen MR) is 188 cm³/mol. The summed E-state index contributed by atoms with van der Waals surface area (Å²) in [6, 6.07) is 11.4. The maximum absolute atomic E-state index is 13.5. The first-order valence-electron chi connectivity index (χ1n) is 16.6. The van der Waals surface area contributed by atoms with Crippen molar-refractivity contribution in [3.8, 4) is 5.75 Å². The molecule has 1 aromatic heterocycles. The zero-order chi connectivity index (χ0) is 36.8. The van der Waals surface area contributed by atoms with E-state index in [1.54, 1.807) is 40.1 Å². The number of rotatable bonds is 7. The van der Waals surface area contributed by atoms with Crippen LogP contribution in [-0.2, 0) is 28.0 Å². The lowest BCUT2D eigenvalue weighted by atomic mass is 9.88. The number of hydrogen-bond donors (Lipinski definition) is 1. The number of likely N-dealkylation sites (N-methyl/N-ethyl adjacent to an activating group) is 1. The number of hydrogen-bond acceptors (Lipinski definition) is 11. The number of nitrogens with zero attached hydrogens (tertiary/aromatic N) is 5. The van der Waals surface area contributed by atoms with Crippen molar-refractivity contribution in [2.75, 3.05) is 25.5 Å². The molecule has 268 valence electrons. The van der Waals surface area contributed by atoms with Crippen molar-refractivity contribution in [1.29, 1.82) is 0 Å².